The zero-order valence-corrected chi connectivity index (χ0v) is 21.6. The summed E-state index contributed by atoms with van der Waals surface area (Å²) in [6.45, 7) is 1.78. The van der Waals surface area contributed by atoms with Crippen molar-refractivity contribution in [3.63, 3.8) is 0 Å². The first kappa shape index (κ1) is 28.2. The maximum absolute atomic E-state index is 13.1. The molecule has 38 heavy (non-hydrogen) atoms. The predicted octanol–water partition coefficient (Wildman–Crippen LogP) is 6.11. The van der Waals surface area contributed by atoms with Gasteiger partial charge in [0, 0.05) is 17.5 Å². The summed E-state index contributed by atoms with van der Waals surface area (Å²) >= 11 is 0. The van der Waals surface area contributed by atoms with Crippen molar-refractivity contribution in [1.82, 2.24) is 0 Å². The van der Waals surface area contributed by atoms with Crippen LogP contribution in [0.25, 0.3) is 6.08 Å². The van der Waals surface area contributed by atoms with E-state index in [1.165, 1.54) is 25.1 Å². The molecule has 0 aromatic heterocycles. The lowest BCUT2D eigenvalue weighted by Gasteiger charge is -2.13. The zero-order chi connectivity index (χ0) is 27.5. The fraction of sp³-hybridized carbons (Fsp3) is 0.258. The molecule has 0 spiro atoms. The maximum Gasteiger partial charge on any atom is 0.303 e. The van der Waals surface area contributed by atoms with Gasteiger partial charge in [0.2, 0.25) is 0 Å². The van der Waals surface area contributed by atoms with E-state index in [1.807, 2.05) is 24.3 Å². The Bertz CT molecular complexity index is 1310. The summed E-state index contributed by atoms with van der Waals surface area (Å²) in [5, 5.41) is 19.0. The quantitative estimate of drug-likeness (QED) is 0.196. The lowest BCUT2D eigenvalue weighted by molar-refractivity contribution is -0.136. The molecule has 0 heterocycles. The number of rotatable bonds is 14. The number of methoxy groups -OCH3 is 1. The molecule has 198 valence electrons. The van der Waals surface area contributed by atoms with Gasteiger partial charge in [-0.1, -0.05) is 24.3 Å². The Balaban J connectivity index is 1.61. The van der Waals surface area contributed by atoms with E-state index in [-0.39, 0.29) is 41.3 Å². The van der Waals surface area contributed by atoms with E-state index in [1.54, 1.807) is 25.3 Å². The molecule has 0 bridgehead atoms. The highest BCUT2D eigenvalue weighted by Crippen LogP contribution is 2.26. The van der Waals surface area contributed by atoms with Gasteiger partial charge in [0.15, 0.2) is 11.6 Å². The molecular weight excluding hydrogens is 484 g/mol. The van der Waals surface area contributed by atoms with Crippen molar-refractivity contribution in [3.8, 4) is 17.2 Å². The zero-order valence-electron chi connectivity index (χ0n) is 21.6. The second kappa shape index (κ2) is 13.8. The number of allylic oxidation sites excluding steroid dienone is 1. The first-order valence-corrected chi connectivity index (χ1v) is 12.4. The van der Waals surface area contributed by atoms with Gasteiger partial charge in [0.25, 0.3) is 0 Å². The highest BCUT2D eigenvalue weighted by atomic mass is 16.5. The number of ketones is 2. The van der Waals surface area contributed by atoms with Crippen LogP contribution in [0.3, 0.4) is 0 Å². The van der Waals surface area contributed by atoms with Gasteiger partial charge in [-0.15, -0.1) is 0 Å². The van der Waals surface area contributed by atoms with Crippen LogP contribution >= 0.6 is 0 Å². The van der Waals surface area contributed by atoms with E-state index in [2.05, 4.69) is 12.2 Å². The Morgan fingerprint density at radius 1 is 0.921 bits per heavy atom. The Morgan fingerprint density at radius 2 is 1.63 bits per heavy atom. The smallest absolute Gasteiger partial charge is 0.303 e. The summed E-state index contributed by atoms with van der Waals surface area (Å²) in [5.41, 5.74) is 2.41. The third kappa shape index (κ3) is 8.06. The van der Waals surface area contributed by atoms with Gasteiger partial charge in [-0.25, -0.2) is 0 Å². The van der Waals surface area contributed by atoms with Crippen molar-refractivity contribution in [1.29, 1.82) is 0 Å². The molecule has 3 aromatic carbocycles. The van der Waals surface area contributed by atoms with Crippen molar-refractivity contribution in [2.24, 2.45) is 0 Å². The molecular formula is C31H32O7. The van der Waals surface area contributed by atoms with Gasteiger partial charge in [-0.3, -0.25) is 14.4 Å². The molecule has 0 saturated heterocycles. The highest BCUT2D eigenvalue weighted by Gasteiger charge is 2.16. The molecule has 0 saturated carbocycles. The van der Waals surface area contributed by atoms with Gasteiger partial charge in [0.05, 0.1) is 19.3 Å². The molecule has 2 N–H and O–H groups in total. The Hall–Kier alpha value is -4.39. The molecule has 3 rings (SSSR count). The standard InChI is InChI=1S/C31H32O7/c1-21(32)27-20-25(10-15-28(27)33)31(36)24-11-16-29(23(19-24)12-17-30(34)35)38-18-6-4-3-5-7-22-8-13-26(37-2)14-9-22/h5,7-11,13-16,19-20,33H,3-4,6,12,17-18H2,1-2H3,(H,34,35)/b7-5+. The topological polar surface area (TPSA) is 110 Å². The summed E-state index contributed by atoms with van der Waals surface area (Å²) in [4.78, 5) is 36.0. The van der Waals surface area contributed by atoms with E-state index in [9.17, 15) is 19.5 Å². The van der Waals surface area contributed by atoms with Crippen LogP contribution in [0.1, 0.15) is 70.0 Å². The number of carbonyl (C=O) groups is 3. The molecule has 0 aliphatic rings. The van der Waals surface area contributed by atoms with Crippen LogP contribution in [0.4, 0.5) is 0 Å². The summed E-state index contributed by atoms with van der Waals surface area (Å²) in [7, 11) is 1.64. The van der Waals surface area contributed by atoms with Crippen molar-refractivity contribution in [2.45, 2.75) is 39.0 Å². The minimum absolute atomic E-state index is 0.0701. The number of phenols is 1. The average Bonchev–Trinajstić information content (AvgIpc) is 2.91. The number of hydrogen-bond acceptors (Lipinski definition) is 6. The maximum atomic E-state index is 13.1. The van der Waals surface area contributed by atoms with Crippen LogP contribution in [0.15, 0.2) is 66.7 Å². The Morgan fingerprint density at radius 3 is 2.32 bits per heavy atom. The third-order valence-corrected chi connectivity index (χ3v) is 6.02. The summed E-state index contributed by atoms with van der Waals surface area (Å²) in [6, 6.07) is 16.9. The van der Waals surface area contributed by atoms with Crippen LogP contribution in [-0.2, 0) is 11.2 Å². The molecule has 7 heteroatoms. The number of aryl methyl sites for hydroxylation is 1. The van der Waals surface area contributed by atoms with E-state index >= 15 is 0 Å². The van der Waals surface area contributed by atoms with E-state index < -0.39 is 5.97 Å². The predicted molar refractivity (Wildman–Crippen MR) is 145 cm³/mol. The van der Waals surface area contributed by atoms with Crippen LogP contribution in [0, 0.1) is 0 Å². The van der Waals surface area contributed by atoms with Crippen LogP contribution in [-0.4, -0.2) is 41.5 Å². The van der Waals surface area contributed by atoms with Gasteiger partial charge >= 0.3 is 5.97 Å². The van der Waals surface area contributed by atoms with E-state index in [0.717, 1.165) is 30.6 Å². The lowest BCUT2D eigenvalue weighted by atomic mass is 9.97. The van der Waals surface area contributed by atoms with Gasteiger partial charge in [-0.05, 0) is 92.3 Å². The number of benzene rings is 3. The number of phenolic OH excluding ortho intramolecular Hbond substituents is 1. The Labute approximate surface area is 222 Å². The molecule has 0 amide bonds. The number of aliphatic carboxylic acids is 1. The number of ether oxygens (including phenoxy) is 2. The number of carboxylic acid groups (broad SMARTS) is 1. The minimum atomic E-state index is -0.944. The van der Waals surface area contributed by atoms with Gasteiger partial charge in [0.1, 0.15) is 17.2 Å². The lowest BCUT2D eigenvalue weighted by Crippen LogP contribution is -2.07. The fourth-order valence-corrected chi connectivity index (χ4v) is 3.91. The van der Waals surface area contributed by atoms with Crippen LogP contribution in [0.2, 0.25) is 0 Å². The SMILES string of the molecule is COc1ccc(/C=C/CCCCOc2ccc(C(=O)c3ccc(O)c(C(C)=O)c3)cc2CCC(=O)O)cc1. The molecule has 3 aromatic rings. The molecule has 0 aliphatic carbocycles. The molecule has 0 fully saturated rings. The molecule has 0 radical (unpaired) electrons. The van der Waals surface area contributed by atoms with Crippen LogP contribution in [0.5, 0.6) is 17.2 Å². The number of aromatic hydroxyl groups is 1. The second-order valence-electron chi connectivity index (χ2n) is 8.85. The second-order valence-corrected chi connectivity index (χ2v) is 8.85. The Kier molecular flexibility index (Phi) is 10.2. The highest BCUT2D eigenvalue weighted by molar-refractivity contribution is 6.10. The number of unbranched alkanes of at least 4 members (excludes halogenated alkanes) is 2. The minimum Gasteiger partial charge on any atom is -0.507 e. The monoisotopic (exact) mass is 516 g/mol. The van der Waals surface area contributed by atoms with Gasteiger partial charge in [-0.2, -0.15) is 0 Å². The van der Waals surface area contributed by atoms with Crippen molar-refractivity contribution in [2.75, 3.05) is 13.7 Å². The number of hydrogen-bond donors (Lipinski definition) is 2. The molecule has 7 nitrogen and oxygen atoms in total. The van der Waals surface area contributed by atoms with E-state index in [0.29, 0.717) is 23.5 Å². The molecule has 0 aliphatic heterocycles. The van der Waals surface area contributed by atoms with E-state index in [4.69, 9.17) is 14.6 Å². The normalized spacial score (nSPS) is 10.9. The first-order valence-electron chi connectivity index (χ1n) is 12.4. The third-order valence-electron chi connectivity index (χ3n) is 6.02. The summed E-state index contributed by atoms with van der Waals surface area (Å²) < 4.78 is 11.1. The fourth-order valence-electron chi connectivity index (χ4n) is 3.91. The molecule has 0 atom stereocenters. The first-order chi connectivity index (χ1) is 18.3. The summed E-state index contributed by atoms with van der Waals surface area (Å²) in [5.74, 6) is -0.440. The van der Waals surface area contributed by atoms with Crippen molar-refractivity contribution in [3.05, 3.63) is 94.6 Å². The number of Topliss-reactive ketones (excluding diaryl/α,β-unsaturated/α-hetero) is 1. The van der Waals surface area contributed by atoms with Crippen molar-refractivity contribution >= 4 is 23.6 Å². The number of carboxylic acids is 1. The summed E-state index contributed by atoms with van der Waals surface area (Å²) in [6.07, 6.45) is 6.92. The van der Waals surface area contributed by atoms with Gasteiger partial charge < -0.3 is 19.7 Å². The molecule has 0 unspecified atom stereocenters. The average molecular weight is 517 g/mol. The van der Waals surface area contributed by atoms with Crippen LogP contribution < -0.4 is 9.47 Å². The largest absolute Gasteiger partial charge is 0.507 e. The number of carbonyl (C=O) groups excluding carboxylic acids is 2. The van der Waals surface area contributed by atoms with Crippen molar-refractivity contribution < 1.29 is 34.1 Å².